The first-order chi connectivity index (χ1) is 11.7. The van der Waals surface area contributed by atoms with Crippen LogP contribution < -0.4 is 10.1 Å². The lowest BCUT2D eigenvalue weighted by atomic mass is 10.2. The van der Waals surface area contributed by atoms with Gasteiger partial charge in [0.25, 0.3) is 0 Å². The zero-order valence-electron chi connectivity index (χ0n) is 13.4. The minimum atomic E-state index is -0.451. The van der Waals surface area contributed by atoms with E-state index >= 15 is 0 Å². The Hall–Kier alpha value is -2.82. The van der Waals surface area contributed by atoms with Crippen LogP contribution in [0.3, 0.4) is 0 Å². The lowest BCUT2D eigenvalue weighted by Crippen LogP contribution is -2.30. The molecule has 0 atom stereocenters. The van der Waals surface area contributed by atoms with Crippen molar-refractivity contribution < 1.29 is 19.1 Å². The van der Waals surface area contributed by atoms with Crippen LogP contribution in [0.2, 0.25) is 0 Å². The molecule has 0 bridgehead atoms. The zero-order valence-corrected chi connectivity index (χ0v) is 13.4. The van der Waals surface area contributed by atoms with Gasteiger partial charge in [0.1, 0.15) is 18.9 Å². The number of benzene rings is 2. The van der Waals surface area contributed by atoms with Crippen LogP contribution in [0.25, 0.3) is 0 Å². The van der Waals surface area contributed by atoms with Gasteiger partial charge >= 0.3 is 5.97 Å². The minimum absolute atomic E-state index is 0.120. The van der Waals surface area contributed by atoms with E-state index in [0.29, 0.717) is 19.4 Å². The molecule has 0 aliphatic carbocycles. The standard InChI is InChI=1S/C19H21NO4/c21-18(12-7-13-23-17-10-5-2-6-11-17)20-14-19(22)24-15-16-8-3-1-4-9-16/h1-6,8-11H,7,12-15H2,(H,20,21). The molecule has 24 heavy (non-hydrogen) atoms. The second kappa shape index (κ2) is 10.0. The molecule has 2 aromatic rings. The number of para-hydroxylation sites is 1. The fourth-order valence-electron chi connectivity index (χ4n) is 1.99. The molecular weight excluding hydrogens is 306 g/mol. The highest BCUT2D eigenvalue weighted by molar-refractivity contribution is 5.81. The smallest absolute Gasteiger partial charge is 0.325 e. The van der Waals surface area contributed by atoms with Gasteiger partial charge in [-0.05, 0) is 24.1 Å². The number of esters is 1. The maximum atomic E-state index is 11.7. The number of amides is 1. The molecule has 1 N–H and O–H groups in total. The van der Waals surface area contributed by atoms with Crippen LogP contribution in [0.4, 0.5) is 0 Å². The molecule has 5 nitrogen and oxygen atoms in total. The lowest BCUT2D eigenvalue weighted by Gasteiger charge is -2.07. The second-order valence-electron chi connectivity index (χ2n) is 5.19. The summed E-state index contributed by atoms with van der Waals surface area (Å²) in [6.45, 7) is 0.543. The van der Waals surface area contributed by atoms with Crippen molar-refractivity contribution in [2.24, 2.45) is 0 Å². The van der Waals surface area contributed by atoms with E-state index in [1.807, 2.05) is 60.7 Å². The SMILES string of the molecule is O=C(CCCOc1ccccc1)NCC(=O)OCc1ccccc1. The first-order valence-corrected chi connectivity index (χ1v) is 7.88. The van der Waals surface area contributed by atoms with Crippen LogP contribution in [0.1, 0.15) is 18.4 Å². The van der Waals surface area contributed by atoms with Crippen LogP contribution in [-0.2, 0) is 20.9 Å². The predicted molar refractivity (Wildman–Crippen MR) is 90.4 cm³/mol. The van der Waals surface area contributed by atoms with E-state index in [2.05, 4.69) is 5.32 Å². The number of ether oxygens (including phenoxy) is 2. The summed E-state index contributed by atoms with van der Waals surface area (Å²) in [6.07, 6.45) is 0.887. The molecule has 0 aromatic heterocycles. The summed E-state index contributed by atoms with van der Waals surface area (Å²) < 4.78 is 10.6. The Morgan fingerprint density at radius 3 is 2.29 bits per heavy atom. The Kier molecular flexibility index (Phi) is 7.34. The highest BCUT2D eigenvalue weighted by atomic mass is 16.5. The third-order valence-electron chi connectivity index (χ3n) is 3.23. The predicted octanol–water partition coefficient (Wildman–Crippen LogP) is 2.71. The molecule has 0 radical (unpaired) electrons. The third-order valence-corrected chi connectivity index (χ3v) is 3.23. The molecule has 5 heteroatoms. The van der Waals surface area contributed by atoms with Gasteiger partial charge in [-0.1, -0.05) is 48.5 Å². The van der Waals surface area contributed by atoms with Gasteiger partial charge in [0.2, 0.25) is 5.91 Å². The minimum Gasteiger partial charge on any atom is -0.494 e. The van der Waals surface area contributed by atoms with Crippen molar-refractivity contribution in [3.05, 3.63) is 66.2 Å². The molecule has 2 aromatic carbocycles. The summed E-state index contributed by atoms with van der Waals surface area (Å²) in [4.78, 5) is 23.2. The van der Waals surface area contributed by atoms with Crippen molar-refractivity contribution in [1.82, 2.24) is 5.32 Å². The average Bonchev–Trinajstić information content (AvgIpc) is 2.63. The number of carbonyl (C=O) groups is 2. The molecule has 0 saturated carbocycles. The van der Waals surface area contributed by atoms with Crippen molar-refractivity contribution >= 4 is 11.9 Å². The van der Waals surface area contributed by atoms with Gasteiger partial charge in [0.15, 0.2) is 0 Å². The van der Waals surface area contributed by atoms with Crippen LogP contribution in [0, 0.1) is 0 Å². The summed E-state index contributed by atoms with van der Waals surface area (Å²) in [7, 11) is 0. The maximum absolute atomic E-state index is 11.7. The van der Waals surface area contributed by atoms with E-state index in [0.717, 1.165) is 11.3 Å². The van der Waals surface area contributed by atoms with Gasteiger partial charge in [-0.3, -0.25) is 9.59 Å². The molecule has 0 fully saturated rings. The molecule has 0 spiro atoms. The Labute approximate surface area is 141 Å². The Balaban J connectivity index is 1.53. The fraction of sp³-hybridized carbons (Fsp3) is 0.263. The lowest BCUT2D eigenvalue weighted by molar-refractivity contribution is -0.145. The Morgan fingerprint density at radius 2 is 1.58 bits per heavy atom. The largest absolute Gasteiger partial charge is 0.494 e. The van der Waals surface area contributed by atoms with Crippen LogP contribution in [0.5, 0.6) is 5.75 Å². The van der Waals surface area contributed by atoms with E-state index in [1.165, 1.54) is 0 Å². The topological polar surface area (TPSA) is 64.6 Å². The number of rotatable bonds is 9. The molecule has 0 heterocycles. The van der Waals surface area contributed by atoms with E-state index in [1.54, 1.807) is 0 Å². The first-order valence-electron chi connectivity index (χ1n) is 7.88. The molecule has 126 valence electrons. The number of hydrogen-bond acceptors (Lipinski definition) is 4. The van der Waals surface area contributed by atoms with E-state index in [9.17, 15) is 9.59 Å². The monoisotopic (exact) mass is 327 g/mol. The Bertz CT molecular complexity index is 628. The molecule has 1 amide bonds. The van der Waals surface area contributed by atoms with Crippen LogP contribution >= 0.6 is 0 Å². The van der Waals surface area contributed by atoms with Gasteiger partial charge in [0.05, 0.1) is 6.61 Å². The normalized spacial score (nSPS) is 10.0. The van der Waals surface area contributed by atoms with Crippen molar-refractivity contribution in [3.8, 4) is 5.75 Å². The summed E-state index contributed by atoms with van der Waals surface area (Å²) in [6, 6.07) is 18.8. The fourth-order valence-corrected chi connectivity index (χ4v) is 1.99. The summed E-state index contributed by atoms with van der Waals surface area (Å²) in [5, 5.41) is 2.55. The van der Waals surface area contributed by atoms with Crippen LogP contribution in [0.15, 0.2) is 60.7 Å². The van der Waals surface area contributed by atoms with E-state index in [4.69, 9.17) is 9.47 Å². The molecule has 0 saturated heterocycles. The molecule has 2 rings (SSSR count). The van der Waals surface area contributed by atoms with Gasteiger partial charge in [-0.25, -0.2) is 0 Å². The van der Waals surface area contributed by atoms with E-state index < -0.39 is 5.97 Å². The third kappa shape index (κ3) is 6.96. The highest BCUT2D eigenvalue weighted by Crippen LogP contribution is 2.08. The van der Waals surface area contributed by atoms with Gasteiger partial charge < -0.3 is 14.8 Å². The van der Waals surface area contributed by atoms with Gasteiger partial charge in [-0.15, -0.1) is 0 Å². The summed E-state index contributed by atoms with van der Waals surface area (Å²) in [5.74, 6) is 0.137. The summed E-state index contributed by atoms with van der Waals surface area (Å²) in [5.41, 5.74) is 0.912. The maximum Gasteiger partial charge on any atom is 0.325 e. The summed E-state index contributed by atoms with van der Waals surface area (Å²) >= 11 is 0. The average molecular weight is 327 g/mol. The molecule has 0 unspecified atom stereocenters. The number of nitrogens with one attached hydrogen (secondary N) is 1. The van der Waals surface area contributed by atoms with Crippen molar-refractivity contribution in [2.75, 3.05) is 13.2 Å². The molecule has 0 aliphatic heterocycles. The van der Waals surface area contributed by atoms with E-state index in [-0.39, 0.29) is 19.1 Å². The van der Waals surface area contributed by atoms with Crippen LogP contribution in [-0.4, -0.2) is 25.0 Å². The quantitative estimate of drug-likeness (QED) is 0.568. The Morgan fingerprint density at radius 1 is 0.917 bits per heavy atom. The first kappa shape index (κ1) is 17.5. The number of carbonyl (C=O) groups excluding carboxylic acids is 2. The van der Waals surface area contributed by atoms with Gasteiger partial charge in [-0.2, -0.15) is 0 Å². The van der Waals surface area contributed by atoms with Crippen molar-refractivity contribution in [2.45, 2.75) is 19.4 Å². The van der Waals surface area contributed by atoms with Gasteiger partial charge in [0, 0.05) is 6.42 Å². The van der Waals surface area contributed by atoms with Crippen molar-refractivity contribution in [3.63, 3.8) is 0 Å². The highest BCUT2D eigenvalue weighted by Gasteiger charge is 2.07. The number of hydrogen-bond donors (Lipinski definition) is 1. The second-order valence-corrected chi connectivity index (χ2v) is 5.19. The molecule has 0 aliphatic rings. The van der Waals surface area contributed by atoms with Crippen molar-refractivity contribution in [1.29, 1.82) is 0 Å². The molecular formula is C19H21NO4. The zero-order chi connectivity index (χ0) is 17.0.